The minimum Gasteiger partial charge on any atom is -0.312 e. The Morgan fingerprint density at radius 2 is 1.86 bits per heavy atom. The van der Waals surface area contributed by atoms with E-state index in [1.165, 1.54) is 0 Å². The first-order valence-corrected chi connectivity index (χ1v) is 9.66. The highest BCUT2D eigenvalue weighted by molar-refractivity contribution is 6.06. The predicted molar refractivity (Wildman–Crippen MR) is 101 cm³/mol. The Labute approximate surface area is 162 Å². The summed E-state index contributed by atoms with van der Waals surface area (Å²) in [7, 11) is 0. The maximum Gasteiger partial charge on any atom is 0.327 e. The first-order chi connectivity index (χ1) is 13.6. The fourth-order valence-electron chi connectivity index (χ4n) is 3.55. The van der Waals surface area contributed by atoms with Crippen molar-refractivity contribution < 1.29 is 14.4 Å². The highest BCUT2D eigenvalue weighted by atomic mass is 16.2. The summed E-state index contributed by atoms with van der Waals surface area (Å²) in [6, 6.07) is 11.3. The van der Waals surface area contributed by atoms with Gasteiger partial charge in [0, 0.05) is 18.0 Å². The molecule has 144 valence electrons. The van der Waals surface area contributed by atoms with E-state index in [1.54, 1.807) is 9.58 Å². The van der Waals surface area contributed by atoms with Gasteiger partial charge in [-0.05, 0) is 37.8 Å². The summed E-state index contributed by atoms with van der Waals surface area (Å²) >= 11 is 0. The molecular formula is C20H21N5O3. The molecule has 2 aromatic rings. The average Bonchev–Trinajstić information content (AvgIpc) is 3.62. The first kappa shape index (κ1) is 17.0. The van der Waals surface area contributed by atoms with E-state index in [9.17, 15) is 14.4 Å². The molecular weight excluding hydrogens is 358 g/mol. The van der Waals surface area contributed by atoms with Gasteiger partial charge >= 0.3 is 6.03 Å². The number of nitrogens with one attached hydrogen (secondary N) is 1. The van der Waals surface area contributed by atoms with Crippen LogP contribution >= 0.6 is 0 Å². The van der Waals surface area contributed by atoms with Gasteiger partial charge in [0.15, 0.2) is 0 Å². The third-order valence-corrected chi connectivity index (χ3v) is 5.36. The zero-order chi connectivity index (χ0) is 19.3. The number of carbonyl (C=O) groups is 3. The maximum atomic E-state index is 12.6. The van der Waals surface area contributed by atoms with Gasteiger partial charge in [0.2, 0.25) is 5.91 Å². The quantitative estimate of drug-likeness (QED) is 0.779. The van der Waals surface area contributed by atoms with Crippen LogP contribution in [-0.2, 0) is 9.59 Å². The summed E-state index contributed by atoms with van der Waals surface area (Å²) < 4.78 is 1.70. The smallest absolute Gasteiger partial charge is 0.312 e. The van der Waals surface area contributed by atoms with Crippen molar-refractivity contribution in [2.45, 2.75) is 37.6 Å². The van der Waals surface area contributed by atoms with Crippen LogP contribution in [0.1, 0.15) is 37.3 Å². The lowest BCUT2D eigenvalue weighted by Crippen LogP contribution is -2.39. The third kappa shape index (κ3) is 3.15. The Morgan fingerprint density at radius 1 is 1.11 bits per heavy atom. The molecule has 0 spiro atoms. The maximum absolute atomic E-state index is 12.6. The summed E-state index contributed by atoms with van der Waals surface area (Å²) in [5, 5.41) is 7.48. The number of aromatic nitrogens is 2. The molecule has 3 fully saturated rings. The number of nitrogens with zero attached hydrogens (tertiary/aromatic N) is 4. The zero-order valence-corrected chi connectivity index (χ0v) is 15.4. The van der Waals surface area contributed by atoms with Crippen LogP contribution in [0.4, 0.5) is 10.6 Å². The number of hydrogen-bond donors (Lipinski definition) is 1. The van der Waals surface area contributed by atoms with Gasteiger partial charge in [-0.15, -0.1) is 0 Å². The number of benzene rings is 1. The zero-order valence-electron chi connectivity index (χ0n) is 15.4. The molecule has 8 heteroatoms. The lowest BCUT2D eigenvalue weighted by atomic mass is 10.3. The van der Waals surface area contributed by atoms with Crippen molar-refractivity contribution in [3.63, 3.8) is 0 Å². The Hall–Kier alpha value is -3.16. The second-order valence-electron chi connectivity index (χ2n) is 7.65. The average molecular weight is 379 g/mol. The number of hydrogen-bond acceptors (Lipinski definition) is 4. The lowest BCUT2D eigenvalue weighted by molar-refractivity contribution is -0.129. The van der Waals surface area contributed by atoms with Crippen LogP contribution in [0.25, 0.3) is 5.69 Å². The minimum absolute atomic E-state index is 0.0740. The fraction of sp³-hybridized carbons (Fsp3) is 0.400. The van der Waals surface area contributed by atoms with Crippen LogP contribution in [0.3, 0.4) is 0 Å². The van der Waals surface area contributed by atoms with Crippen molar-refractivity contribution in [2.24, 2.45) is 0 Å². The Bertz CT molecular complexity index is 946. The molecule has 28 heavy (non-hydrogen) atoms. The van der Waals surface area contributed by atoms with Crippen molar-refractivity contribution in [3.8, 4) is 5.69 Å². The number of rotatable bonds is 6. The van der Waals surface area contributed by atoms with Gasteiger partial charge in [-0.2, -0.15) is 5.10 Å². The van der Waals surface area contributed by atoms with E-state index in [0.717, 1.165) is 42.0 Å². The summed E-state index contributed by atoms with van der Waals surface area (Å²) in [5.41, 5.74) is 1.80. The number of carbonyl (C=O) groups excluding carboxylic acids is 3. The van der Waals surface area contributed by atoms with Gasteiger partial charge in [0.05, 0.1) is 11.4 Å². The number of amides is 4. The van der Waals surface area contributed by atoms with E-state index < -0.39 is 5.91 Å². The molecule has 1 aliphatic heterocycles. The van der Waals surface area contributed by atoms with Gasteiger partial charge in [-0.25, -0.2) is 9.48 Å². The number of anilines is 1. The van der Waals surface area contributed by atoms with Crippen molar-refractivity contribution >= 4 is 23.7 Å². The summed E-state index contributed by atoms with van der Waals surface area (Å²) in [5.74, 6) is 0.270. The van der Waals surface area contributed by atoms with Crippen LogP contribution in [0.2, 0.25) is 0 Å². The normalized spacial score (nSPS) is 19.4. The highest BCUT2D eigenvalue weighted by Crippen LogP contribution is 2.40. The Morgan fingerprint density at radius 3 is 2.54 bits per heavy atom. The molecule has 0 radical (unpaired) electrons. The standard InChI is InChI=1S/C20H21N5O3/c26-18(11-24-19(27)12-23(20(24)28)14-8-9-14)21-17-10-16(13-6-7-13)22-25(17)15-4-2-1-3-5-15/h1-5,10,13-14H,6-9,11-12H2,(H,21,26). The third-order valence-electron chi connectivity index (χ3n) is 5.36. The van der Waals surface area contributed by atoms with E-state index in [2.05, 4.69) is 10.4 Å². The van der Waals surface area contributed by atoms with E-state index in [-0.39, 0.29) is 31.1 Å². The van der Waals surface area contributed by atoms with Crippen LogP contribution in [0.5, 0.6) is 0 Å². The number of imide groups is 1. The van der Waals surface area contributed by atoms with E-state index >= 15 is 0 Å². The van der Waals surface area contributed by atoms with Gasteiger partial charge < -0.3 is 10.2 Å². The first-order valence-electron chi connectivity index (χ1n) is 9.66. The van der Waals surface area contributed by atoms with Crippen LogP contribution in [0, 0.1) is 0 Å². The summed E-state index contributed by atoms with van der Waals surface area (Å²) in [6.07, 6.45) is 4.07. The minimum atomic E-state index is -0.404. The predicted octanol–water partition coefficient (Wildman–Crippen LogP) is 2.11. The molecule has 1 aromatic carbocycles. The summed E-state index contributed by atoms with van der Waals surface area (Å²) in [4.78, 5) is 39.8. The molecule has 0 bridgehead atoms. The summed E-state index contributed by atoms with van der Waals surface area (Å²) in [6.45, 7) is -0.204. The molecule has 0 unspecified atom stereocenters. The number of para-hydroxylation sites is 1. The Balaban J connectivity index is 1.33. The molecule has 2 aliphatic carbocycles. The molecule has 1 N–H and O–H groups in total. The van der Waals surface area contributed by atoms with E-state index in [1.807, 2.05) is 36.4 Å². The van der Waals surface area contributed by atoms with Gasteiger partial charge in [-0.1, -0.05) is 18.2 Å². The lowest BCUT2D eigenvalue weighted by Gasteiger charge is -2.16. The van der Waals surface area contributed by atoms with Crippen molar-refractivity contribution in [1.29, 1.82) is 0 Å². The molecule has 1 aromatic heterocycles. The van der Waals surface area contributed by atoms with Crippen molar-refractivity contribution in [3.05, 3.63) is 42.1 Å². The largest absolute Gasteiger partial charge is 0.327 e. The Kier molecular flexibility index (Phi) is 3.92. The van der Waals surface area contributed by atoms with Gasteiger partial charge in [0.1, 0.15) is 18.9 Å². The second kappa shape index (κ2) is 6.47. The molecule has 3 aliphatic rings. The van der Waals surface area contributed by atoms with Crippen LogP contribution < -0.4 is 5.32 Å². The molecule has 4 amide bonds. The fourth-order valence-corrected chi connectivity index (χ4v) is 3.55. The molecule has 5 rings (SSSR count). The van der Waals surface area contributed by atoms with Crippen LogP contribution in [-0.4, -0.2) is 56.6 Å². The monoisotopic (exact) mass is 379 g/mol. The number of urea groups is 1. The molecule has 2 saturated carbocycles. The molecule has 1 saturated heterocycles. The SMILES string of the molecule is O=C(CN1C(=O)CN(C2CC2)C1=O)Nc1cc(C2CC2)nn1-c1ccccc1. The molecule has 8 nitrogen and oxygen atoms in total. The van der Waals surface area contributed by atoms with E-state index in [4.69, 9.17) is 0 Å². The van der Waals surface area contributed by atoms with Gasteiger partial charge in [-0.3, -0.25) is 14.5 Å². The van der Waals surface area contributed by atoms with Gasteiger partial charge in [0.25, 0.3) is 5.91 Å². The van der Waals surface area contributed by atoms with Crippen molar-refractivity contribution in [2.75, 3.05) is 18.4 Å². The van der Waals surface area contributed by atoms with Crippen LogP contribution in [0.15, 0.2) is 36.4 Å². The molecule has 0 atom stereocenters. The topological polar surface area (TPSA) is 87.5 Å². The molecule has 2 heterocycles. The van der Waals surface area contributed by atoms with E-state index in [0.29, 0.717) is 11.7 Å². The second-order valence-corrected chi connectivity index (χ2v) is 7.65. The van der Waals surface area contributed by atoms with Crippen molar-refractivity contribution in [1.82, 2.24) is 19.6 Å². The highest BCUT2D eigenvalue weighted by Gasteiger charge is 2.44.